The number of halogens is 2. The molecule has 3 rings (SSSR count). The van der Waals surface area contributed by atoms with Gasteiger partial charge in [0, 0.05) is 16.6 Å². The lowest BCUT2D eigenvalue weighted by molar-refractivity contribution is 0.627. The van der Waals surface area contributed by atoms with Gasteiger partial charge >= 0.3 is 0 Å². The molecule has 0 spiro atoms. The zero-order valence-electron chi connectivity index (χ0n) is 12.3. The fourth-order valence-electron chi connectivity index (χ4n) is 1.74. The van der Waals surface area contributed by atoms with Gasteiger partial charge in [-0.1, -0.05) is 13.8 Å². The Bertz CT molecular complexity index is 706. The van der Waals surface area contributed by atoms with Gasteiger partial charge in [-0.3, -0.25) is 0 Å². The van der Waals surface area contributed by atoms with Crippen LogP contribution in [0.15, 0.2) is 53.9 Å². The molecule has 22 heavy (non-hydrogen) atoms. The minimum absolute atomic E-state index is 0.270. The smallest absolute Gasteiger partial charge is 0.187 e. The highest BCUT2D eigenvalue weighted by Crippen LogP contribution is 2.27. The molecule has 1 N–H and O–H groups in total. The first-order valence-corrected chi connectivity index (χ1v) is 7.83. The van der Waals surface area contributed by atoms with Crippen LogP contribution in [0.4, 0.5) is 19.6 Å². The summed E-state index contributed by atoms with van der Waals surface area (Å²) in [4.78, 5) is 4.42. The second-order valence-electron chi connectivity index (χ2n) is 4.18. The van der Waals surface area contributed by atoms with Crippen molar-refractivity contribution in [1.82, 2.24) is 4.98 Å². The fourth-order valence-corrected chi connectivity index (χ4v) is 2.48. The van der Waals surface area contributed by atoms with Gasteiger partial charge in [0.2, 0.25) is 0 Å². The SMILES string of the molecule is CC.Fc1ccc(Nc2nc(-c3ccc(F)cc3)cs2)cc1. The van der Waals surface area contributed by atoms with Gasteiger partial charge in [-0.15, -0.1) is 11.3 Å². The molecule has 1 heterocycles. The highest BCUT2D eigenvalue weighted by Gasteiger charge is 2.05. The van der Waals surface area contributed by atoms with E-state index in [0.717, 1.165) is 16.9 Å². The van der Waals surface area contributed by atoms with E-state index in [1.807, 2.05) is 19.2 Å². The number of hydrogen-bond donors (Lipinski definition) is 1. The van der Waals surface area contributed by atoms with E-state index in [1.165, 1.54) is 35.6 Å². The largest absolute Gasteiger partial charge is 0.332 e. The summed E-state index contributed by atoms with van der Waals surface area (Å²) in [7, 11) is 0. The molecule has 1 aromatic heterocycles. The zero-order valence-corrected chi connectivity index (χ0v) is 13.1. The van der Waals surface area contributed by atoms with Crippen LogP contribution in [0.5, 0.6) is 0 Å². The van der Waals surface area contributed by atoms with E-state index in [4.69, 9.17) is 0 Å². The maximum absolute atomic E-state index is 12.9. The molecule has 114 valence electrons. The lowest BCUT2D eigenvalue weighted by Crippen LogP contribution is -1.89. The quantitative estimate of drug-likeness (QED) is 0.654. The van der Waals surface area contributed by atoms with E-state index in [2.05, 4.69) is 10.3 Å². The normalized spacial score (nSPS) is 9.82. The van der Waals surface area contributed by atoms with E-state index < -0.39 is 0 Å². The maximum atomic E-state index is 12.9. The summed E-state index contributed by atoms with van der Waals surface area (Å²) in [5.74, 6) is -0.546. The van der Waals surface area contributed by atoms with Gasteiger partial charge in [-0.25, -0.2) is 13.8 Å². The number of rotatable bonds is 3. The molecule has 0 atom stereocenters. The summed E-state index contributed by atoms with van der Waals surface area (Å²) < 4.78 is 25.7. The minimum Gasteiger partial charge on any atom is -0.332 e. The van der Waals surface area contributed by atoms with Gasteiger partial charge in [0.15, 0.2) is 5.13 Å². The average Bonchev–Trinajstić information content (AvgIpc) is 3.01. The van der Waals surface area contributed by atoms with Crippen molar-refractivity contribution in [2.45, 2.75) is 13.8 Å². The Hall–Kier alpha value is -2.27. The van der Waals surface area contributed by atoms with Crippen molar-refractivity contribution in [2.24, 2.45) is 0 Å². The molecule has 0 saturated carbocycles. The molecule has 0 saturated heterocycles. The van der Waals surface area contributed by atoms with E-state index >= 15 is 0 Å². The van der Waals surface area contributed by atoms with Gasteiger partial charge in [-0.05, 0) is 48.5 Å². The van der Waals surface area contributed by atoms with Crippen molar-refractivity contribution in [3.63, 3.8) is 0 Å². The molecule has 0 unspecified atom stereocenters. The monoisotopic (exact) mass is 318 g/mol. The lowest BCUT2D eigenvalue weighted by Gasteiger charge is -2.01. The molecule has 0 amide bonds. The number of anilines is 2. The number of nitrogens with zero attached hydrogens (tertiary/aromatic N) is 1. The predicted molar refractivity (Wildman–Crippen MR) is 88.5 cm³/mol. The molecule has 0 bridgehead atoms. The average molecular weight is 318 g/mol. The highest BCUT2D eigenvalue weighted by atomic mass is 32.1. The Morgan fingerprint density at radius 3 is 2.00 bits per heavy atom. The number of nitrogens with one attached hydrogen (secondary N) is 1. The Morgan fingerprint density at radius 2 is 1.41 bits per heavy atom. The van der Waals surface area contributed by atoms with Crippen LogP contribution < -0.4 is 5.32 Å². The molecule has 5 heteroatoms. The second-order valence-corrected chi connectivity index (χ2v) is 5.03. The third kappa shape index (κ3) is 4.11. The molecule has 2 nitrogen and oxygen atoms in total. The van der Waals surface area contributed by atoms with Crippen LogP contribution >= 0.6 is 11.3 Å². The van der Waals surface area contributed by atoms with Crippen LogP contribution in [-0.4, -0.2) is 4.98 Å². The highest BCUT2D eigenvalue weighted by molar-refractivity contribution is 7.14. The third-order valence-corrected chi connectivity index (χ3v) is 3.50. The Morgan fingerprint density at radius 1 is 0.864 bits per heavy atom. The number of benzene rings is 2. The molecule has 0 fully saturated rings. The van der Waals surface area contributed by atoms with Crippen molar-refractivity contribution >= 4 is 22.2 Å². The van der Waals surface area contributed by atoms with Gasteiger partial charge in [-0.2, -0.15) is 0 Å². The Labute approximate surface area is 132 Å². The van der Waals surface area contributed by atoms with Crippen molar-refractivity contribution in [2.75, 3.05) is 5.32 Å². The molecule has 3 aromatic rings. The van der Waals surface area contributed by atoms with E-state index in [1.54, 1.807) is 24.3 Å². The molecular weight excluding hydrogens is 302 g/mol. The molecule has 0 aliphatic heterocycles. The summed E-state index contributed by atoms with van der Waals surface area (Å²) in [6.07, 6.45) is 0. The molecule has 0 radical (unpaired) electrons. The van der Waals surface area contributed by atoms with E-state index in [9.17, 15) is 8.78 Å². The lowest BCUT2D eigenvalue weighted by atomic mass is 10.2. The standard InChI is InChI=1S/C15H10F2N2S.C2H6/c16-11-3-1-10(2-4-11)14-9-20-15(19-14)18-13-7-5-12(17)6-8-13;1-2/h1-9H,(H,18,19);1-2H3. The topological polar surface area (TPSA) is 24.9 Å². The summed E-state index contributed by atoms with van der Waals surface area (Å²) in [6, 6.07) is 12.2. The summed E-state index contributed by atoms with van der Waals surface area (Å²) in [6.45, 7) is 4.00. The first-order chi connectivity index (χ1) is 10.7. The Balaban J connectivity index is 0.000000847. The van der Waals surface area contributed by atoms with Crippen LogP contribution in [0.1, 0.15) is 13.8 Å². The van der Waals surface area contributed by atoms with Crippen molar-refractivity contribution in [3.8, 4) is 11.3 Å². The minimum atomic E-state index is -0.276. The molecular formula is C17H16F2N2S. The number of thiazole rings is 1. The van der Waals surface area contributed by atoms with Crippen LogP contribution in [0.2, 0.25) is 0 Å². The fraction of sp³-hybridized carbons (Fsp3) is 0.118. The van der Waals surface area contributed by atoms with Gasteiger partial charge in [0.05, 0.1) is 5.69 Å². The van der Waals surface area contributed by atoms with Crippen LogP contribution in [0, 0.1) is 11.6 Å². The van der Waals surface area contributed by atoms with Gasteiger partial charge in [0.25, 0.3) is 0 Å². The maximum Gasteiger partial charge on any atom is 0.187 e. The summed E-state index contributed by atoms with van der Waals surface area (Å²) in [5, 5.41) is 5.69. The van der Waals surface area contributed by atoms with Gasteiger partial charge in [0.1, 0.15) is 11.6 Å². The van der Waals surface area contributed by atoms with Crippen LogP contribution in [0.25, 0.3) is 11.3 Å². The molecule has 0 aliphatic carbocycles. The zero-order chi connectivity index (χ0) is 15.9. The Kier molecular flexibility index (Phi) is 5.61. The first-order valence-electron chi connectivity index (χ1n) is 6.95. The second kappa shape index (κ2) is 7.66. The van der Waals surface area contributed by atoms with Crippen molar-refractivity contribution in [1.29, 1.82) is 0 Å². The number of hydrogen-bond acceptors (Lipinski definition) is 3. The molecule has 2 aromatic carbocycles. The van der Waals surface area contributed by atoms with Crippen molar-refractivity contribution in [3.05, 3.63) is 65.5 Å². The predicted octanol–water partition coefficient (Wildman–Crippen LogP) is 5.86. The first kappa shape index (κ1) is 16.1. The van der Waals surface area contributed by atoms with Crippen LogP contribution in [-0.2, 0) is 0 Å². The summed E-state index contributed by atoms with van der Waals surface area (Å²) in [5.41, 5.74) is 2.40. The van der Waals surface area contributed by atoms with Gasteiger partial charge < -0.3 is 5.32 Å². The van der Waals surface area contributed by atoms with Crippen LogP contribution in [0.3, 0.4) is 0 Å². The van der Waals surface area contributed by atoms with E-state index in [0.29, 0.717) is 5.13 Å². The summed E-state index contributed by atoms with van der Waals surface area (Å²) >= 11 is 1.44. The van der Waals surface area contributed by atoms with Crippen molar-refractivity contribution < 1.29 is 8.78 Å². The number of aromatic nitrogens is 1. The van der Waals surface area contributed by atoms with E-state index in [-0.39, 0.29) is 11.6 Å². The third-order valence-electron chi connectivity index (χ3n) is 2.74. The molecule has 0 aliphatic rings.